The molecular formula is C20H22N4O2. The number of aromatic nitrogens is 3. The number of amides is 1. The number of hydrogen-bond acceptors (Lipinski definition) is 4. The first-order valence-corrected chi connectivity index (χ1v) is 9.00. The molecule has 2 aromatic heterocycles. The standard InChI is InChI=1S/C20H22N4O2/c1-14-11-19(26-23-14)20(25)24-9-7-16(8-10-24)18-13-17(21-22-18)12-15-5-3-2-4-6-15/h2-6,11,13,16H,7-10,12H2,1H3,(H,21,22). The third-order valence-corrected chi connectivity index (χ3v) is 4.93. The molecule has 3 aromatic rings. The first-order valence-electron chi connectivity index (χ1n) is 9.00. The molecule has 1 saturated heterocycles. The summed E-state index contributed by atoms with van der Waals surface area (Å²) in [7, 11) is 0. The van der Waals surface area contributed by atoms with Crippen LogP contribution in [0.3, 0.4) is 0 Å². The van der Waals surface area contributed by atoms with Crippen molar-refractivity contribution < 1.29 is 9.32 Å². The minimum atomic E-state index is -0.0733. The fourth-order valence-electron chi connectivity index (χ4n) is 3.49. The topological polar surface area (TPSA) is 75.0 Å². The molecule has 1 fully saturated rings. The number of rotatable bonds is 4. The summed E-state index contributed by atoms with van der Waals surface area (Å²) in [6, 6.07) is 14.2. The van der Waals surface area contributed by atoms with Crippen LogP contribution in [-0.2, 0) is 6.42 Å². The molecule has 6 heteroatoms. The monoisotopic (exact) mass is 350 g/mol. The van der Waals surface area contributed by atoms with Crippen molar-refractivity contribution in [3.05, 3.63) is 70.9 Å². The summed E-state index contributed by atoms with van der Waals surface area (Å²) in [5, 5.41) is 11.5. The lowest BCUT2D eigenvalue weighted by atomic mass is 9.93. The molecule has 0 aliphatic carbocycles. The highest BCUT2D eigenvalue weighted by Crippen LogP contribution is 2.28. The second-order valence-electron chi connectivity index (χ2n) is 6.88. The second kappa shape index (κ2) is 7.15. The number of carbonyl (C=O) groups excluding carboxylic acids is 1. The summed E-state index contributed by atoms with van der Waals surface area (Å²) < 4.78 is 5.09. The molecule has 26 heavy (non-hydrogen) atoms. The summed E-state index contributed by atoms with van der Waals surface area (Å²) in [6.45, 7) is 3.24. The van der Waals surface area contributed by atoms with Gasteiger partial charge in [-0.05, 0) is 31.4 Å². The van der Waals surface area contributed by atoms with Gasteiger partial charge >= 0.3 is 0 Å². The van der Waals surface area contributed by atoms with Crippen LogP contribution < -0.4 is 0 Å². The average Bonchev–Trinajstić information content (AvgIpc) is 3.31. The van der Waals surface area contributed by atoms with Crippen LogP contribution in [0.4, 0.5) is 0 Å². The highest BCUT2D eigenvalue weighted by Gasteiger charge is 2.27. The molecular weight excluding hydrogens is 328 g/mol. The normalized spacial score (nSPS) is 15.3. The van der Waals surface area contributed by atoms with Crippen molar-refractivity contribution in [1.29, 1.82) is 0 Å². The van der Waals surface area contributed by atoms with Gasteiger partial charge in [-0.1, -0.05) is 35.5 Å². The Bertz CT molecular complexity index is 876. The molecule has 0 atom stereocenters. The minimum absolute atomic E-state index is 0.0733. The molecule has 1 N–H and O–H groups in total. The van der Waals surface area contributed by atoms with Crippen molar-refractivity contribution in [3.63, 3.8) is 0 Å². The Hall–Kier alpha value is -2.89. The van der Waals surface area contributed by atoms with Gasteiger partial charge in [-0.15, -0.1) is 0 Å². The fourth-order valence-corrected chi connectivity index (χ4v) is 3.49. The Balaban J connectivity index is 1.35. The lowest BCUT2D eigenvalue weighted by Crippen LogP contribution is -2.37. The quantitative estimate of drug-likeness (QED) is 0.783. The number of nitrogens with zero attached hydrogens (tertiary/aromatic N) is 3. The lowest BCUT2D eigenvalue weighted by Gasteiger charge is -2.30. The van der Waals surface area contributed by atoms with Crippen LogP contribution in [-0.4, -0.2) is 39.3 Å². The zero-order chi connectivity index (χ0) is 17.9. The highest BCUT2D eigenvalue weighted by molar-refractivity contribution is 5.91. The number of carbonyl (C=O) groups is 1. The molecule has 4 rings (SSSR count). The molecule has 0 radical (unpaired) electrons. The molecule has 1 aliphatic rings. The first-order chi connectivity index (χ1) is 12.7. The van der Waals surface area contributed by atoms with Crippen molar-refractivity contribution in [2.24, 2.45) is 0 Å². The van der Waals surface area contributed by atoms with Crippen molar-refractivity contribution in [1.82, 2.24) is 20.3 Å². The number of likely N-dealkylation sites (tertiary alicyclic amines) is 1. The average molecular weight is 350 g/mol. The van der Waals surface area contributed by atoms with E-state index in [2.05, 4.69) is 45.7 Å². The number of H-pyrrole nitrogens is 1. The number of aryl methyl sites for hydroxylation is 1. The van der Waals surface area contributed by atoms with Crippen LogP contribution >= 0.6 is 0 Å². The van der Waals surface area contributed by atoms with Gasteiger partial charge in [0.2, 0.25) is 5.76 Å². The van der Waals surface area contributed by atoms with Crippen LogP contribution in [0.2, 0.25) is 0 Å². The Morgan fingerprint density at radius 2 is 2.00 bits per heavy atom. The van der Waals surface area contributed by atoms with Crippen molar-refractivity contribution in [2.75, 3.05) is 13.1 Å². The van der Waals surface area contributed by atoms with Gasteiger partial charge in [-0.3, -0.25) is 9.89 Å². The third kappa shape index (κ3) is 3.54. The van der Waals surface area contributed by atoms with E-state index in [9.17, 15) is 4.79 Å². The smallest absolute Gasteiger partial charge is 0.292 e. The van der Waals surface area contributed by atoms with E-state index in [0.29, 0.717) is 24.8 Å². The van der Waals surface area contributed by atoms with Gasteiger partial charge in [0.05, 0.1) is 11.4 Å². The fraction of sp³-hybridized carbons (Fsp3) is 0.350. The van der Waals surface area contributed by atoms with Gasteiger partial charge in [0, 0.05) is 37.2 Å². The summed E-state index contributed by atoms with van der Waals surface area (Å²) >= 11 is 0. The molecule has 3 heterocycles. The highest BCUT2D eigenvalue weighted by atomic mass is 16.5. The van der Waals surface area contributed by atoms with Crippen molar-refractivity contribution in [2.45, 2.75) is 32.1 Å². The largest absolute Gasteiger partial charge is 0.351 e. The van der Waals surface area contributed by atoms with E-state index in [1.165, 1.54) is 5.56 Å². The van der Waals surface area contributed by atoms with Crippen LogP contribution in [0.5, 0.6) is 0 Å². The SMILES string of the molecule is Cc1cc(C(=O)N2CCC(c3cc(Cc4ccccc4)[nH]n3)CC2)on1. The Labute approximate surface area is 152 Å². The van der Waals surface area contributed by atoms with Crippen LogP contribution in [0, 0.1) is 6.92 Å². The molecule has 1 amide bonds. The summed E-state index contributed by atoms with van der Waals surface area (Å²) in [5.41, 5.74) is 4.22. The maximum absolute atomic E-state index is 12.4. The maximum atomic E-state index is 12.4. The van der Waals surface area contributed by atoms with Crippen molar-refractivity contribution in [3.8, 4) is 0 Å². The van der Waals surface area contributed by atoms with E-state index in [1.54, 1.807) is 6.07 Å². The van der Waals surface area contributed by atoms with E-state index in [-0.39, 0.29) is 5.91 Å². The second-order valence-corrected chi connectivity index (χ2v) is 6.88. The summed E-state index contributed by atoms with van der Waals surface area (Å²) in [4.78, 5) is 14.3. The van der Waals surface area contributed by atoms with Crippen molar-refractivity contribution >= 4 is 5.91 Å². The molecule has 6 nitrogen and oxygen atoms in total. The van der Waals surface area contributed by atoms with Gasteiger partial charge in [0.15, 0.2) is 0 Å². The number of benzene rings is 1. The summed E-state index contributed by atoms with van der Waals surface area (Å²) in [5.74, 6) is 0.637. The number of aromatic amines is 1. The maximum Gasteiger partial charge on any atom is 0.292 e. The summed E-state index contributed by atoms with van der Waals surface area (Å²) in [6.07, 6.45) is 2.68. The van der Waals surface area contributed by atoms with E-state index in [1.807, 2.05) is 17.9 Å². The van der Waals surface area contributed by atoms with Gasteiger partial charge in [-0.2, -0.15) is 5.10 Å². The molecule has 1 aliphatic heterocycles. The zero-order valence-electron chi connectivity index (χ0n) is 14.8. The molecule has 0 spiro atoms. The Kier molecular flexibility index (Phi) is 4.56. The predicted octanol–water partition coefficient (Wildman–Crippen LogP) is 3.32. The van der Waals surface area contributed by atoms with Gasteiger partial charge in [0.1, 0.15) is 0 Å². The van der Waals surface area contributed by atoms with Gasteiger partial charge < -0.3 is 9.42 Å². The molecule has 0 saturated carbocycles. The number of nitrogens with one attached hydrogen (secondary N) is 1. The zero-order valence-corrected chi connectivity index (χ0v) is 14.8. The van der Waals surface area contributed by atoms with Gasteiger partial charge in [0.25, 0.3) is 5.91 Å². The number of piperidine rings is 1. The van der Waals surface area contributed by atoms with Gasteiger partial charge in [-0.25, -0.2) is 0 Å². The molecule has 134 valence electrons. The van der Waals surface area contributed by atoms with Crippen LogP contribution in [0.1, 0.15) is 52.0 Å². The Morgan fingerprint density at radius 3 is 2.69 bits per heavy atom. The number of hydrogen-bond donors (Lipinski definition) is 1. The van der Waals surface area contributed by atoms with Crippen LogP contribution in [0.15, 0.2) is 47.0 Å². The van der Waals surface area contributed by atoms with E-state index >= 15 is 0 Å². The van der Waals surface area contributed by atoms with E-state index < -0.39 is 0 Å². The first kappa shape index (κ1) is 16.6. The molecule has 0 bridgehead atoms. The minimum Gasteiger partial charge on any atom is -0.351 e. The van der Waals surface area contributed by atoms with E-state index in [4.69, 9.17) is 4.52 Å². The van der Waals surface area contributed by atoms with E-state index in [0.717, 1.165) is 36.3 Å². The predicted molar refractivity (Wildman–Crippen MR) is 97.0 cm³/mol. The van der Waals surface area contributed by atoms with Crippen LogP contribution in [0.25, 0.3) is 0 Å². The third-order valence-electron chi connectivity index (χ3n) is 4.93. The molecule has 1 aromatic carbocycles. The Morgan fingerprint density at radius 1 is 1.23 bits per heavy atom. The molecule has 0 unspecified atom stereocenters. The lowest BCUT2D eigenvalue weighted by molar-refractivity contribution is 0.0670.